The second kappa shape index (κ2) is 4.93. The van der Waals surface area contributed by atoms with Gasteiger partial charge in [-0.2, -0.15) is 0 Å². The van der Waals surface area contributed by atoms with Crippen LogP contribution >= 0.6 is 0 Å². The maximum absolute atomic E-state index is 12.8. The summed E-state index contributed by atoms with van der Waals surface area (Å²) in [7, 11) is 0. The maximum Gasteiger partial charge on any atom is 0.250 e. The van der Waals surface area contributed by atoms with E-state index in [1.165, 1.54) is 0 Å². The Kier molecular flexibility index (Phi) is 3.59. The van der Waals surface area contributed by atoms with Crippen LogP contribution in [0, 0.1) is 12.3 Å². The van der Waals surface area contributed by atoms with Crippen LogP contribution < -0.4 is 10.2 Å². The number of carbonyl (C=O) groups is 2. The van der Waals surface area contributed by atoms with Crippen LogP contribution in [0.1, 0.15) is 33.3 Å². The third-order valence-corrected chi connectivity index (χ3v) is 3.68. The van der Waals surface area contributed by atoms with E-state index < -0.39 is 12.1 Å². The van der Waals surface area contributed by atoms with Crippen LogP contribution in [0.3, 0.4) is 0 Å². The molecule has 108 valence electrons. The minimum Gasteiger partial charge on any atom is -0.342 e. The predicted molar refractivity (Wildman–Crippen MR) is 79.5 cm³/mol. The van der Waals surface area contributed by atoms with Crippen molar-refractivity contribution in [2.45, 2.75) is 46.7 Å². The van der Waals surface area contributed by atoms with Crippen molar-refractivity contribution in [3.63, 3.8) is 0 Å². The lowest BCUT2D eigenvalue weighted by molar-refractivity contribution is -0.136. The molecule has 4 nitrogen and oxygen atoms in total. The number of aryl methyl sites for hydroxylation is 1. The van der Waals surface area contributed by atoms with E-state index in [0.717, 1.165) is 11.3 Å². The zero-order chi connectivity index (χ0) is 15.1. The lowest BCUT2D eigenvalue weighted by atomic mass is 9.84. The summed E-state index contributed by atoms with van der Waals surface area (Å²) in [6.07, 6.45) is 0. The van der Waals surface area contributed by atoms with Crippen molar-refractivity contribution >= 4 is 17.5 Å². The molecule has 0 radical (unpaired) electrons. The fourth-order valence-electron chi connectivity index (χ4n) is 2.49. The van der Waals surface area contributed by atoms with Gasteiger partial charge in [-0.25, -0.2) is 0 Å². The number of rotatable bonds is 1. The summed E-state index contributed by atoms with van der Waals surface area (Å²) in [5, 5.41) is 2.84. The van der Waals surface area contributed by atoms with Gasteiger partial charge in [-0.15, -0.1) is 0 Å². The van der Waals surface area contributed by atoms with Crippen LogP contribution in [0.2, 0.25) is 0 Å². The second-order valence-corrected chi connectivity index (χ2v) is 6.53. The third-order valence-electron chi connectivity index (χ3n) is 3.68. The molecule has 1 aliphatic heterocycles. The molecule has 0 bridgehead atoms. The highest BCUT2D eigenvalue weighted by molar-refractivity contribution is 6.08. The molecule has 1 N–H and O–H groups in total. The van der Waals surface area contributed by atoms with Crippen molar-refractivity contribution in [3.8, 4) is 0 Å². The lowest BCUT2D eigenvalue weighted by Crippen LogP contribution is -2.66. The molecule has 1 heterocycles. The van der Waals surface area contributed by atoms with Crippen molar-refractivity contribution in [1.29, 1.82) is 0 Å². The molecule has 1 saturated heterocycles. The Morgan fingerprint density at radius 2 is 1.85 bits per heavy atom. The van der Waals surface area contributed by atoms with Crippen LogP contribution in [0.15, 0.2) is 24.3 Å². The van der Waals surface area contributed by atoms with E-state index in [9.17, 15) is 9.59 Å². The fraction of sp³-hybridized carbons (Fsp3) is 0.500. The van der Waals surface area contributed by atoms with E-state index in [4.69, 9.17) is 0 Å². The minimum absolute atomic E-state index is 0.0461. The van der Waals surface area contributed by atoms with E-state index in [2.05, 4.69) is 5.32 Å². The van der Waals surface area contributed by atoms with Crippen LogP contribution in [-0.4, -0.2) is 23.9 Å². The molecule has 2 atom stereocenters. The molecule has 20 heavy (non-hydrogen) atoms. The van der Waals surface area contributed by atoms with E-state index in [1.807, 2.05) is 52.0 Å². The smallest absolute Gasteiger partial charge is 0.250 e. The lowest BCUT2D eigenvalue weighted by Gasteiger charge is -2.42. The highest BCUT2D eigenvalue weighted by atomic mass is 16.2. The molecule has 1 aliphatic rings. The summed E-state index contributed by atoms with van der Waals surface area (Å²) in [4.78, 5) is 26.5. The number of hydrogen-bond donors (Lipinski definition) is 1. The Bertz CT molecular complexity index is 546. The zero-order valence-corrected chi connectivity index (χ0v) is 12.7. The average Bonchev–Trinajstić information content (AvgIpc) is 2.33. The molecule has 0 saturated carbocycles. The Labute approximate surface area is 120 Å². The van der Waals surface area contributed by atoms with Gasteiger partial charge in [-0.3, -0.25) is 14.5 Å². The average molecular weight is 274 g/mol. The topological polar surface area (TPSA) is 49.4 Å². The molecular formula is C16H22N2O2. The van der Waals surface area contributed by atoms with Crippen molar-refractivity contribution < 1.29 is 9.59 Å². The summed E-state index contributed by atoms with van der Waals surface area (Å²) in [5.41, 5.74) is 1.54. The van der Waals surface area contributed by atoms with Crippen molar-refractivity contribution in [2.24, 2.45) is 5.41 Å². The van der Waals surface area contributed by atoms with Crippen molar-refractivity contribution in [3.05, 3.63) is 29.8 Å². The quantitative estimate of drug-likeness (QED) is 0.854. The van der Waals surface area contributed by atoms with E-state index in [-0.39, 0.29) is 17.2 Å². The SMILES string of the molecule is Cc1cccc(N2C(=O)C(C(C)(C)C)NC(=O)C2C)c1. The first-order chi connectivity index (χ1) is 9.21. The fourth-order valence-corrected chi connectivity index (χ4v) is 2.49. The van der Waals surface area contributed by atoms with Gasteiger partial charge in [0.1, 0.15) is 12.1 Å². The van der Waals surface area contributed by atoms with E-state index in [1.54, 1.807) is 11.8 Å². The second-order valence-electron chi connectivity index (χ2n) is 6.53. The van der Waals surface area contributed by atoms with Crippen molar-refractivity contribution in [1.82, 2.24) is 5.32 Å². The number of anilines is 1. The number of carbonyl (C=O) groups excluding carboxylic acids is 2. The molecule has 0 aromatic heterocycles. The molecular weight excluding hydrogens is 252 g/mol. The molecule has 1 aromatic rings. The highest BCUT2D eigenvalue weighted by Crippen LogP contribution is 2.29. The minimum atomic E-state index is -0.494. The monoisotopic (exact) mass is 274 g/mol. The number of amides is 2. The van der Waals surface area contributed by atoms with Gasteiger partial charge in [0.25, 0.3) is 5.91 Å². The number of nitrogens with zero attached hydrogens (tertiary/aromatic N) is 1. The summed E-state index contributed by atoms with van der Waals surface area (Å²) in [6.45, 7) is 9.61. The Morgan fingerprint density at radius 3 is 2.40 bits per heavy atom. The maximum atomic E-state index is 12.8. The van der Waals surface area contributed by atoms with E-state index in [0.29, 0.717) is 0 Å². The first kappa shape index (κ1) is 14.6. The van der Waals surface area contributed by atoms with Crippen LogP contribution in [0.5, 0.6) is 0 Å². The van der Waals surface area contributed by atoms with Gasteiger partial charge < -0.3 is 5.32 Å². The Hall–Kier alpha value is -1.84. The molecule has 0 aliphatic carbocycles. The van der Waals surface area contributed by atoms with Gasteiger partial charge in [0, 0.05) is 5.69 Å². The largest absolute Gasteiger partial charge is 0.342 e. The summed E-state index contributed by atoms with van der Waals surface area (Å²) in [5.74, 6) is -0.152. The normalized spacial score (nSPS) is 23.8. The van der Waals surface area contributed by atoms with E-state index >= 15 is 0 Å². The standard InChI is InChI=1S/C16H22N2O2/c1-10-7-6-8-12(9-10)18-11(2)14(19)17-13(15(18)20)16(3,4)5/h6-9,11,13H,1-5H3,(H,17,19). The van der Waals surface area contributed by atoms with Gasteiger partial charge in [-0.05, 0) is 37.0 Å². The molecule has 4 heteroatoms. The predicted octanol–water partition coefficient (Wildman–Crippen LogP) is 2.26. The number of hydrogen-bond acceptors (Lipinski definition) is 2. The molecule has 1 aromatic carbocycles. The Balaban J connectivity index is 2.44. The molecule has 1 fully saturated rings. The zero-order valence-electron chi connectivity index (χ0n) is 12.7. The highest BCUT2D eigenvalue weighted by Gasteiger charge is 2.44. The first-order valence-corrected chi connectivity index (χ1v) is 6.92. The van der Waals surface area contributed by atoms with Gasteiger partial charge in [0.2, 0.25) is 5.91 Å². The molecule has 0 spiro atoms. The summed E-state index contributed by atoms with van der Waals surface area (Å²) in [6, 6.07) is 6.72. The number of benzene rings is 1. The van der Waals surface area contributed by atoms with Crippen LogP contribution in [-0.2, 0) is 9.59 Å². The van der Waals surface area contributed by atoms with Gasteiger partial charge in [0.15, 0.2) is 0 Å². The number of piperazine rings is 1. The number of nitrogens with one attached hydrogen (secondary N) is 1. The summed E-state index contributed by atoms with van der Waals surface area (Å²) < 4.78 is 0. The van der Waals surface area contributed by atoms with Gasteiger partial charge >= 0.3 is 0 Å². The van der Waals surface area contributed by atoms with Crippen LogP contribution in [0.4, 0.5) is 5.69 Å². The molecule has 2 rings (SSSR count). The van der Waals surface area contributed by atoms with Gasteiger partial charge in [-0.1, -0.05) is 32.9 Å². The first-order valence-electron chi connectivity index (χ1n) is 6.92. The summed E-state index contributed by atoms with van der Waals surface area (Å²) >= 11 is 0. The van der Waals surface area contributed by atoms with Crippen molar-refractivity contribution in [2.75, 3.05) is 4.90 Å². The third kappa shape index (κ3) is 2.55. The molecule has 2 amide bonds. The van der Waals surface area contributed by atoms with Gasteiger partial charge in [0.05, 0.1) is 0 Å². The van der Waals surface area contributed by atoms with Crippen LogP contribution in [0.25, 0.3) is 0 Å². The molecule has 2 unspecified atom stereocenters. The Morgan fingerprint density at radius 1 is 1.20 bits per heavy atom.